The molecule has 8 atom stereocenters. The molecule has 1 heterocycles. The molecular weight excluding hydrogens is 444 g/mol. The maximum Gasteiger partial charge on any atom is 0.325 e. The molecule has 0 aliphatic carbocycles. The predicted molar refractivity (Wildman–Crippen MR) is 112 cm³/mol. The zero-order valence-corrected chi connectivity index (χ0v) is 18.7. The van der Waals surface area contributed by atoms with Gasteiger partial charge in [-0.2, -0.15) is 0 Å². The molecule has 0 aromatic carbocycles. The highest BCUT2D eigenvalue weighted by Crippen LogP contribution is 2.30. The topological polar surface area (TPSA) is 244 Å². The Bertz CT molecular complexity index is 666. The second-order valence-corrected chi connectivity index (χ2v) is 8.16. The highest BCUT2D eigenvalue weighted by Gasteiger charge is 2.52. The Balaban J connectivity index is 2.32. The van der Waals surface area contributed by atoms with Gasteiger partial charge in [-0.05, 0) is 33.2 Å². The molecule has 192 valence electrons. The van der Waals surface area contributed by atoms with Crippen molar-refractivity contribution in [1.29, 1.82) is 0 Å². The molecule has 0 radical (unpaired) electrons. The summed E-state index contributed by atoms with van der Waals surface area (Å²) in [6, 6.07) is -2.98. The van der Waals surface area contributed by atoms with Crippen LogP contribution < -0.4 is 21.7 Å². The van der Waals surface area contributed by atoms with Crippen LogP contribution in [-0.4, -0.2) is 116 Å². The Kier molecular flexibility index (Phi) is 11.6. The standard InChI is InChI=1S/C19H36N4O10/c1-9(16(28)23-10(2)18(30)31)22-17(29)11(20)4-3-6-21-7-5-19(32)15(27)14(26)13(25)12(8-24)33-19/h9-15,21,24-27,32H,3-8,20H2,1-2H3,(H,22,29)(H,23,28)(H,30,31)/t9-,10-,11-,12+,13-,14-,15+,19?/m0/s1. The minimum absolute atomic E-state index is 0.148. The van der Waals surface area contributed by atoms with Crippen molar-refractivity contribution in [3.63, 3.8) is 0 Å². The summed E-state index contributed by atoms with van der Waals surface area (Å²) >= 11 is 0. The van der Waals surface area contributed by atoms with Gasteiger partial charge >= 0.3 is 5.97 Å². The first-order chi connectivity index (χ1) is 15.3. The van der Waals surface area contributed by atoms with Crippen molar-refractivity contribution in [1.82, 2.24) is 16.0 Å². The molecule has 14 nitrogen and oxygen atoms in total. The van der Waals surface area contributed by atoms with E-state index in [1.165, 1.54) is 13.8 Å². The molecule has 2 amide bonds. The summed E-state index contributed by atoms with van der Waals surface area (Å²) in [7, 11) is 0. The van der Waals surface area contributed by atoms with Gasteiger partial charge in [0.1, 0.15) is 36.5 Å². The van der Waals surface area contributed by atoms with E-state index in [2.05, 4.69) is 16.0 Å². The van der Waals surface area contributed by atoms with Gasteiger partial charge in [-0.15, -0.1) is 0 Å². The van der Waals surface area contributed by atoms with E-state index in [0.717, 1.165) is 0 Å². The van der Waals surface area contributed by atoms with Crippen molar-refractivity contribution in [3.8, 4) is 0 Å². The lowest BCUT2D eigenvalue weighted by Gasteiger charge is -2.45. The zero-order valence-electron chi connectivity index (χ0n) is 18.7. The minimum atomic E-state index is -2.16. The molecule has 11 N–H and O–H groups in total. The number of carbonyl (C=O) groups is 3. The van der Waals surface area contributed by atoms with E-state index >= 15 is 0 Å². The number of carboxylic acids is 1. The largest absolute Gasteiger partial charge is 0.480 e. The van der Waals surface area contributed by atoms with Crippen LogP contribution in [0.15, 0.2) is 0 Å². The van der Waals surface area contributed by atoms with Gasteiger partial charge in [0, 0.05) is 13.0 Å². The van der Waals surface area contributed by atoms with Crippen molar-refractivity contribution in [2.75, 3.05) is 19.7 Å². The third-order valence-corrected chi connectivity index (χ3v) is 5.40. The summed E-state index contributed by atoms with van der Waals surface area (Å²) in [5.41, 5.74) is 5.81. The number of nitrogens with one attached hydrogen (secondary N) is 3. The van der Waals surface area contributed by atoms with E-state index in [1.54, 1.807) is 0 Å². The SMILES string of the molecule is C[C@H](NC(=O)[C@H](C)NC(=O)[C@@H](N)CCCNCCC1(O)O[C@H](CO)[C@H](O)[C@H](O)[C@H]1O)C(=O)O. The van der Waals surface area contributed by atoms with Gasteiger partial charge in [-0.25, -0.2) is 0 Å². The third kappa shape index (κ3) is 8.42. The van der Waals surface area contributed by atoms with Gasteiger partial charge in [0.05, 0.1) is 12.6 Å². The first-order valence-electron chi connectivity index (χ1n) is 10.7. The molecular formula is C19H36N4O10. The van der Waals surface area contributed by atoms with E-state index in [0.29, 0.717) is 13.0 Å². The van der Waals surface area contributed by atoms with Crippen LogP contribution in [0.25, 0.3) is 0 Å². The molecule has 0 bridgehead atoms. The Morgan fingerprint density at radius 3 is 2.21 bits per heavy atom. The summed E-state index contributed by atoms with van der Waals surface area (Å²) in [6.07, 6.45) is -5.68. The van der Waals surface area contributed by atoms with Gasteiger partial charge in [-0.1, -0.05) is 0 Å². The van der Waals surface area contributed by atoms with E-state index in [-0.39, 0.29) is 19.4 Å². The number of rotatable bonds is 13. The number of carbonyl (C=O) groups excluding carboxylic acids is 2. The van der Waals surface area contributed by atoms with Crippen LogP contribution in [0.4, 0.5) is 0 Å². The second-order valence-electron chi connectivity index (χ2n) is 8.16. The molecule has 1 saturated heterocycles. The minimum Gasteiger partial charge on any atom is -0.480 e. The lowest BCUT2D eigenvalue weighted by atomic mass is 9.91. The van der Waals surface area contributed by atoms with E-state index in [4.69, 9.17) is 15.6 Å². The Morgan fingerprint density at radius 1 is 1.03 bits per heavy atom. The fraction of sp³-hybridized carbons (Fsp3) is 0.842. The second kappa shape index (κ2) is 13.1. The predicted octanol–water partition coefficient (Wildman–Crippen LogP) is -4.67. The number of aliphatic hydroxyl groups excluding tert-OH is 4. The van der Waals surface area contributed by atoms with E-state index in [9.17, 15) is 39.9 Å². The van der Waals surface area contributed by atoms with Crippen LogP contribution in [0.2, 0.25) is 0 Å². The lowest BCUT2D eigenvalue weighted by molar-refractivity contribution is -0.350. The molecule has 1 fully saturated rings. The van der Waals surface area contributed by atoms with Gasteiger partial charge in [-0.3, -0.25) is 14.4 Å². The van der Waals surface area contributed by atoms with Crippen LogP contribution >= 0.6 is 0 Å². The van der Waals surface area contributed by atoms with Crippen molar-refractivity contribution in [2.45, 2.75) is 81.4 Å². The normalized spacial score (nSPS) is 30.2. The molecule has 0 spiro atoms. The fourth-order valence-electron chi connectivity index (χ4n) is 3.18. The molecule has 1 aliphatic rings. The summed E-state index contributed by atoms with van der Waals surface area (Å²) in [5.74, 6) is -4.59. The molecule has 33 heavy (non-hydrogen) atoms. The van der Waals surface area contributed by atoms with Crippen LogP contribution in [0.3, 0.4) is 0 Å². The van der Waals surface area contributed by atoms with Crippen LogP contribution in [0.5, 0.6) is 0 Å². The number of amides is 2. The molecule has 0 aromatic rings. The molecule has 1 rings (SSSR count). The van der Waals surface area contributed by atoms with Crippen LogP contribution in [0.1, 0.15) is 33.1 Å². The van der Waals surface area contributed by atoms with Crippen molar-refractivity contribution in [3.05, 3.63) is 0 Å². The molecule has 0 saturated carbocycles. The van der Waals surface area contributed by atoms with Gasteiger partial charge in [0.25, 0.3) is 0 Å². The summed E-state index contributed by atoms with van der Waals surface area (Å²) < 4.78 is 5.15. The number of aliphatic carboxylic acids is 1. The quantitative estimate of drug-likeness (QED) is 0.112. The number of aliphatic hydroxyl groups is 5. The molecule has 1 aliphatic heterocycles. The highest BCUT2D eigenvalue weighted by molar-refractivity contribution is 5.91. The van der Waals surface area contributed by atoms with Crippen LogP contribution in [-0.2, 0) is 19.1 Å². The number of ether oxygens (including phenoxy) is 1. The van der Waals surface area contributed by atoms with Crippen LogP contribution in [0, 0.1) is 0 Å². The van der Waals surface area contributed by atoms with E-state index in [1.807, 2.05) is 0 Å². The van der Waals surface area contributed by atoms with E-state index < -0.39 is 72.7 Å². The summed E-state index contributed by atoms with van der Waals surface area (Å²) in [5, 5.41) is 65.5. The van der Waals surface area contributed by atoms with Gasteiger partial charge in [0.2, 0.25) is 11.8 Å². The number of carboxylic acid groups (broad SMARTS) is 1. The monoisotopic (exact) mass is 480 g/mol. The summed E-state index contributed by atoms with van der Waals surface area (Å²) in [4.78, 5) is 34.7. The number of nitrogens with two attached hydrogens (primary N) is 1. The number of hydrogen-bond donors (Lipinski definition) is 10. The smallest absolute Gasteiger partial charge is 0.325 e. The molecule has 0 aromatic heterocycles. The number of hydrogen-bond acceptors (Lipinski definition) is 11. The first-order valence-corrected chi connectivity index (χ1v) is 10.7. The maximum absolute atomic E-state index is 12.1. The Morgan fingerprint density at radius 2 is 1.64 bits per heavy atom. The van der Waals surface area contributed by atoms with Crippen molar-refractivity contribution >= 4 is 17.8 Å². The third-order valence-electron chi connectivity index (χ3n) is 5.40. The highest BCUT2D eigenvalue weighted by atomic mass is 16.7. The Hall–Kier alpha value is -1.91. The van der Waals surface area contributed by atoms with Gasteiger partial charge in [0.15, 0.2) is 5.79 Å². The average molecular weight is 481 g/mol. The average Bonchev–Trinajstić information content (AvgIpc) is 2.76. The first kappa shape index (κ1) is 29.1. The van der Waals surface area contributed by atoms with Gasteiger partial charge < -0.3 is 57.1 Å². The molecule has 1 unspecified atom stereocenters. The zero-order chi connectivity index (χ0) is 25.3. The van der Waals surface area contributed by atoms with Crippen molar-refractivity contribution in [2.24, 2.45) is 5.73 Å². The lowest BCUT2D eigenvalue weighted by Crippen LogP contribution is -2.65. The molecule has 14 heteroatoms. The maximum atomic E-state index is 12.1. The fourth-order valence-corrected chi connectivity index (χ4v) is 3.18. The Labute approximate surface area is 191 Å². The summed E-state index contributed by atoms with van der Waals surface area (Å²) in [6.45, 7) is 2.58. The van der Waals surface area contributed by atoms with Crippen molar-refractivity contribution < 1.29 is 49.8 Å².